The number of allylic oxidation sites excluding steroid dienone is 1. The zero-order valence-corrected chi connectivity index (χ0v) is 24.6. The fraction of sp³-hybridized carbons (Fsp3) is 0.147. The maximum absolute atomic E-state index is 14.0. The number of carbonyl (C=O) groups excluding carboxylic acids is 1. The molecule has 0 spiro atoms. The van der Waals surface area contributed by atoms with Crippen molar-refractivity contribution < 1.29 is 14.3 Å². The molecular formula is C34H27ClN2O4S. The summed E-state index contributed by atoms with van der Waals surface area (Å²) in [5, 5.41) is 2.85. The molecule has 8 heteroatoms. The minimum absolute atomic E-state index is 0.211. The first-order valence-electron chi connectivity index (χ1n) is 13.6. The van der Waals surface area contributed by atoms with E-state index in [0.29, 0.717) is 38.0 Å². The number of hydrogen-bond acceptors (Lipinski definition) is 6. The summed E-state index contributed by atoms with van der Waals surface area (Å²) in [5.74, 6) is 0.161. The molecule has 1 aliphatic heterocycles. The zero-order chi connectivity index (χ0) is 29.2. The molecule has 6 rings (SSSR count). The van der Waals surface area contributed by atoms with Gasteiger partial charge in [-0.1, -0.05) is 95.7 Å². The highest BCUT2D eigenvalue weighted by atomic mass is 35.5. The van der Waals surface area contributed by atoms with Crippen LogP contribution in [0.25, 0.3) is 16.8 Å². The van der Waals surface area contributed by atoms with Crippen LogP contribution in [0.2, 0.25) is 5.02 Å². The van der Waals surface area contributed by atoms with Gasteiger partial charge in [0.05, 0.1) is 28.5 Å². The third-order valence-electron chi connectivity index (χ3n) is 7.17. The monoisotopic (exact) mass is 594 g/mol. The average Bonchev–Trinajstić information content (AvgIpc) is 3.30. The number of hydrogen-bond donors (Lipinski definition) is 0. The number of esters is 1. The second kappa shape index (κ2) is 11.8. The Balaban J connectivity index is 1.42. The molecule has 4 aromatic carbocycles. The van der Waals surface area contributed by atoms with Crippen molar-refractivity contribution in [2.24, 2.45) is 4.99 Å². The number of para-hydroxylation sites is 1. The summed E-state index contributed by atoms with van der Waals surface area (Å²) in [4.78, 5) is 32.2. The van der Waals surface area contributed by atoms with Crippen LogP contribution >= 0.6 is 22.9 Å². The quantitative estimate of drug-likeness (QED) is 0.211. The molecule has 1 aliphatic rings. The molecule has 0 N–H and O–H groups in total. The number of rotatable bonds is 7. The summed E-state index contributed by atoms with van der Waals surface area (Å²) in [7, 11) is 0. The molecule has 210 valence electrons. The van der Waals surface area contributed by atoms with Gasteiger partial charge in [-0.05, 0) is 60.0 Å². The van der Waals surface area contributed by atoms with Gasteiger partial charge < -0.3 is 9.47 Å². The minimum Gasteiger partial charge on any atom is -0.488 e. The molecule has 0 aliphatic carbocycles. The summed E-state index contributed by atoms with van der Waals surface area (Å²) in [6.07, 6.45) is 1.82. The predicted octanol–water partition coefficient (Wildman–Crippen LogP) is 6.18. The molecule has 1 aromatic heterocycles. The van der Waals surface area contributed by atoms with Crippen LogP contribution in [-0.4, -0.2) is 17.1 Å². The third-order valence-corrected chi connectivity index (χ3v) is 8.41. The number of thiazole rings is 1. The Morgan fingerprint density at radius 2 is 1.74 bits per heavy atom. The van der Waals surface area contributed by atoms with Gasteiger partial charge in [0.25, 0.3) is 5.56 Å². The maximum atomic E-state index is 14.0. The highest BCUT2D eigenvalue weighted by Crippen LogP contribution is 2.31. The number of fused-ring (bicyclic) bond motifs is 2. The van der Waals surface area contributed by atoms with Crippen molar-refractivity contribution in [1.82, 2.24) is 4.57 Å². The van der Waals surface area contributed by atoms with E-state index in [-0.39, 0.29) is 12.2 Å². The largest absolute Gasteiger partial charge is 0.488 e. The number of benzene rings is 4. The van der Waals surface area contributed by atoms with Gasteiger partial charge >= 0.3 is 5.97 Å². The second-order valence-corrected chi connectivity index (χ2v) is 11.3. The van der Waals surface area contributed by atoms with Crippen molar-refractivity contribution in [3.63, 3.8) is 0 Å². The topological polar surface area (TPSA) is 69.9 Å². The Bertz CT molecular complexity index is 2020. The maximum Gasteiger partial charge on any atom is 0.338 e. The average molecular weight is 595 g/mol. The van der Waals surface area contributed by atoms with E-state index >= 15 is 0 Å². The molecule has 0 amide bonds. The highest BCUT2D eigenvalue weighted by molar-refractivity contribution is 7.07. The van der Waals surface area contributed by atoms with E-state index in [4.69, 9.17) is 21.1 Å². The number of carbonyl (C=O) groups is 1. The Morgan fingerprint density at radius 1 is 1.00 bits per heavy atom. The van der Waals surface area contributed by atoms with Crippen molar-refractivity contribution in [3.05, 3.63) is 144 Å². The van der Waals surface area contributed by atoms with Gasteiger partial charge in [-0.3, -0.25) is 9.36 Å². The smallest absolute Gasteiger partial charge is 0.338 e. The number of aromatic nitrogens is 1. The number of halogens is 1. The molecule has 2 heterocycles. The van der Waals surface area contributed by atoms with Gasteiger partial charge in [0.1, 0.15) is 12.4 Å². The van der Waals surface area contributed by atoms with E-state index in [1.165, 1.54) is 11.3 Å². The van der Waals surface area contributed by atoms with E-state index in [9.17, 15) is 9.59 Å². The Hall–Kier alpha value is -4.46. The van der Waals surface area contributed by atoms with E-state index in [2.05, 4.69) is 29.3 Å². The van der Waals surface area contributed by atoms with E-state index < -0.39 is 12.0 Å². The zero-order valence-electron chi connectivity index (χ0n) is 23.0. The first kappa shape index (κ1) is 27.7. The lowest BCUT2D eigenvalue weighted by Crippen LogP contribution is -2.39. The van der Waals surface area contributed by atoms with Crippen LogP contribution in [0.4, 0.5) is 0 Å². The van der Waals surface area contributed by atoms with Crippen molar-refractivity contribution >= 4 is 45.8 Å². The van der Waals surface area contributed by atoms with Gasteiger partial charge in [0.15, 0.2) is 4.80 Å². The van der Waals surface area contributed by atoms with Gasteiger partial charge in [-0.15, -0.1) is 0 Å². The molecule has 1 atom stereocenters. The molecule has 6 nitrogen and oxygen atoms in total. The van der Waals surface area contributed by atoms with Crippen LogP contribution in [0.5, 0.6) is 5.75 Å². The molecule has 0 unspecified atom stereocenters. The Morgan fingerprint density at radius 3 is 2.55 bits per heavy atom. The van der Waals surface area contributed by atoms with Crippen LogP contribution in [0.15, 0.2) is 112 Å². The highest BCUT2D eigenvalue weighted by Gasteiger charge is 2.33. The molecule has 0 fully saturated rings. The molecule has 5 aromatic rings. The summed E-state index contributed by atoms with van der Waals surface area (Å²) in [6.45, 7) is 4.11. The Labute approximate surface area is 251 Å². The van der Waals surface area contributed by atoms with E-state index in [1.807, 2.05) is 60.7 Å². The normalized spacial score (nSPS) is 14.9. The molecular weight excluding hydrogens is 568 g/mol. The predicted molar refractivity (Wildman–Crippen MR) is 167 cm³/mol. The van der Waals surface area contributed by atoms with Gasteiger partial charge in [-0.2, -0.15) is 0 Å². The standard InChI is InChI=1S/C34H27ClN2O4S/c1-3-40-33(39)30-21(2)36-34-37(31(30)23-15-17-26(35)18-16-23)32(38)29(42-34)19-24-10-5-7-14-28(24)41-20-25-12-8-11-22-9-4-6-13-27(22)25/h4-19,31H,3,20H2,1-2H3/t31-/m0/s1. The van der Waals surface area contributed by atoms with Crippen LogP contribution in [0.3, 0.4) is 0 Å². The molecule has 42 heavy (non-hydrogen) atoms. The van der Waals surface area contributed by atoms with Crippen LogP contribution in [-0.2, 0) is 16.1 Å². The lowest BCUT2D eigenvalue weighted by Gasteiger charge is -2.24. The van der Waals surface area contributed by atoms with Crippen LogP contribution in [0, 0.1) is 0 Å². The van der Waals surface area contributed by atoms with Gasteiger partial charge in [-0.25, -0.2) is 9.79 Å². The lowest BCUT2D eigenvalue weighted by atomic mass is 9.96. The molecule has 0 bridgehead atoms. The van der Waals surface area contributed by atoms with Gasteiger partial charge in [0.2, 0.25) is 0 Å². The number of ether oxygens (including phenoxy) is 2. The molecule has 0 saturated carbocycles. The molecule has 0 saturated heterocycles. The van der Waals surface area contributed by atoms with E-state index in [0.717, 1.165) is 27.5 Å². The summed E-state index contributed by atoms with van der Waals surface area (Å²) in [6, 6.07) is 28.4. The van der Waals surface area contributed by atoms with Gasteiger partial charge in [0, 0.05) is 10.6 Å². The third kappa shape index (κ3) is 5.29. The van der Waals surface area contributed by atoms with Crippen molar-refractivity contribution in [3.8, 4) is 5.75 Å². The van der Waals surface area contributed by atoms with Crippen LogP contribution in [0.1, 0.15) is 36.6 Å². The lowest BCUT2D eigenvalue weighted by molar-refractivity contribution is -0.139. The Kier molecular flexibility index (Phi) is 7.78. The van der Waals surface area contributed by atoms with Crippen molar-refractivity contribution in [2.45, 2.75) is 26.5 Å². The molecule has 0 radical (unpaired) electrons. The summed E-state index contributed by atoms with van der Waals surface area (Å²) < 4.78 is 13.7. The van der Waals surface area contributed by atoms with E-state index in [1.54, 1.807) is 30.5 Å². The van der Waals surface area contributed by atoms with Crippen LogP contribution < -0.4 is 19.6 Å². The first-order valence-corrected chi connectivity index (χ1v) is 14.8. The summed E-state index contributed by atoms with van der Waals surface area (Å²) >= 11 is 7.43. The first-order chi connectivity index (χ1) is 20.4. The fourth-order valence-corrected chi connectivity index (χ4v) is 6.36. The SMILES string of the molecule is CCOC(=O)C1=C(C)N=c2sc(=Cc3ccccc3OCc3cccc4ccccc34)c(=O)n2[C@H]1c1ccc(Cl)cc1. The summed E-state index contributed by atoms with van der Waals surface area (Å²) in [5.41, 5.74) is 3.18. The van der Waals surface area contributed by atoms with Crippen molar-refractivity contribution in [1.29, 1.82) is 0 Å². The fourth-order valence-electron chi connectivity index (χ4n) is 5.20. The second-order valence-electron chi connectivity index (χ2n) is 9.82. The number of nitrogens with zero attached hydrogens (tertiary/aromatic N) is 2. The van der Waals surface area contributed by atoms with Crippen molar-refractivity contribution in [2.75, 3.05) is 6.61 Å². The minimum atomic E-state index is -0.697.